The normalized spacial score (nSPS) is 17.1. The third-order valence-corrected chi connectivity index (χ3v) is 4.01. The summed E-state index contributed by atoms with van der Waals surface area (Å²) in [4.78, 5) is 11.4. The van der Waals surface area contributed by atoms with Crippen molar-refractivity contribution >= 4 is 16.7 Å². The Balaban J connectivity index is 2.15. The lowest BCUT2D eigenvalue weighted by molar-refractivity contribution is -0.191. The average molecular weight is 352 g/mol. The van der Waals surface area contributed by atoms with Gasteiger partial charge in [-0.3, -0.25) is 10.2 Å². The van der Waals surface area contributed by atoms with Crippen LogP contribution in [0.4, 0.5) is 13.2 Å². The molecule has 1 amide bonds. The fraction of sp³-hybridized carbons (Fsp3) is 0.389. The first-order valence-electron chi connectivity index (χ1n) is 8.08. The van der Waals surface area contributed by atoms with Gasteiger partial charge in [-0.05, 0) is 36.8 Å². The molecule has 0 bridgehead atoms. The molecule has 1 fully saturated rings. The van der Waals surface area contributed by atoms with E-state index in [4.69, 9.17) is 4.74 Å². The topological polar surface area (TPSA) is 41.6 Å². The Morgan fingerprint density at radius 3 is 2.32 bits per heavy atom. The highest BCUT2D eigenvalue weighted by Crippen LogP contribution is 2.43. The summed E-state index contributed by atoms with van der Waals surface area (Å²) in [5, 5.41) is 2.43. The molecule has 4 nitrogen and oxygen atoms in total. The van der Waals surface area contributed by atoms with Crippen molar-refractivity contribution in [3.63, 3.8) is 0 Å². The van der Waals surface area contributed by atoms with Crippen LogP contribution < -0.4 is 10.2 Å². The summed E-state index contributed by atoms with van der Waals surface area (Å²) >= 11 is 0. The summed E-state index contributed by atoms with van der Waals surface area (Å²) in [6, 6.07) is 8.34. The number of alkyl halides is 3. The molecule has 0 aromatic heterocycles. The van der Waals surface area contributed by atoms with Crippen molar-refractivity contribution in [1.29, 1.82) is 0 Å². The molecule has 0 saturated carbocycles. The van der Waals surface area contributed by atoms with Gasteiger partial charge in [0.15, 0.2) is 6.04 Å². The molecular weight excluding hydrogens is 333 g/mol. The minimum absolute atomic E-state index is 0.00194. The molecule has 0 radical (unpaired) electrons. The molecule has 0 spiro atoms. The highest BCUT2D eigenvalue weighted by molar-refractivity contribution is 5.85. The largest absolute Gasteiger partial charge is 0.491 e. The zero-order valence-electron chi connectivity index (χ0n) is 13.9. The van der Waals surface area contributed by atoms with Crippen molar-refractivity contribution in [3.8, 4) is 5.75 Å². The fourth-order valence-electron chi connectivity index (χ4n) is 3.02. The van der Waals surface area contributed by atoms with E-state index in [0.29, 0.717) is 5.39 Å². The van der Waals surface area contributed by atoms with Crippen molar-refractivity contribution in [1.82, 2.24) is 10.4 Å². The predicted octanol–water partition coefficient (Wildman–Crippen LogP) is 3.97. The summed E-state index contributed by atoms with van der Waals surface area (Å²) in [7, 11) is 0. The first-order chi connectivity index (χ1) is 11.8. The summed E-state index contributed by atoms with van der Waals surface area (Å²) in [5.74, 6) is -0.237. The number of hydrogen-bond donors (Lipinski definition) is 1. The summed E-state index contributed by atoms with van der Waals surface area (Å²) < 4.78 is 47.2. The maximum atomic E-state index is 13.9. The van der Waals surface area contributed by atoms with Crippen molar-refractivity contribution in [2.24, 2.45) is 0 Å². The zero-order chi connectivity index (χ0) is 18.2. The molecule has 1 N–H and O–H groups in total. The number of nitrogens with one attached hydrogen (secondary N) is 1. The van der Waals surface area contributed by atoms with Crippen LogP contribution in [0.15, 0.2) is 36.4 Å². The number of amides is 1. The lowest BCUT2D eigenvalue weighted by Gasteiger charge is -2.31. The lowest BCUT2D eigenvalue weighted by Crippen LogP contribution is -2.43. The molecular formula is C18H19F3N2O2. The molecule has 3 rings (SSSR count). The van der Waals surface area contributed by atoms with E-state index >= 15 is 0 Å². The smallest absolute Gasteiger partial charge is 0.410 e. The SMILES string of the molecule is CC(C)Oc1cc2ccccc2cc1[C@H](N1CCC(=O)N1)C(F)(F)F. The Morgan fingerprint density at radius 1 is 1.16 bits per heavy atom. The molecule has 0 aliphatic carbocycles. The molecule has 1 aliphatic rings. The molecule has 0 unspecified atom stereocenters. The number of carbonyl (C=O) groups is 1. The second-order valence-corrected chi connectivity index (χ2v) is 6.33. The van der Waals surface area contributed by atoms with E-state index in [9.17, 15) is 18.0 Å². The van der Waals surface area contributed by atoms with E-state index < -0.39 is 18.1 Å². The van der Waals surface area contributed by atoms with Crippen LogP contribution in [-0.2, 0) is 4.79 Å². The first kappa shape index (κ1) is 17.5. The minimum atomic E-state index is -4.56. The van der Waals surface area contributed by atoms with E-state index in [1.54, 1.807) is 32.0 Å². The molecule has 1 heterocycles. The van der Waals surface area contributed by atoms with E-state index in [-0.39, 0.29) is 30.4 Å². The maximum absolute atomic E-state index is 13.9. The number of benzene rings is 2. The second kappa shape index (κ2) is 6.55. The fourth-order valence-corrected chi connectivity index (χ4v) is 3.02. The number of halogens is 3. The first-order valence-corrected chi connectivity index (χ1v) is 8.08. The van der Waals surface area contributed by atoms with Gasteiger partial charge in [0.05, 0.1) is 6.10 Å². The zero-order valence-corrected chi connectivity index (χ0v) is 13.9. The van der Waals surface area contributed by atoms with Crippen LogP contribution in [-0.4, -0.2) is 29.7 Å². The number of fused-ring (bicyclic) bond motifs is 1. The van der Waals surface area contributed by atoms with Gasteiger partial charge in [0.2, 0.25) is 5.91 Å². The van der Waals surface area contributed by atoms with Crippen molar-refractivity contribution in [2.45, 2.75) is 38.6 Å². The van der Waals surface area contributed by atoms with Gasteiger partial charge in [0.25, 0.3) is 0 Å². The highest BCUT2D eigenvalue weighted by atomic mass is 19.4. The Morgan fingerprint density at radius 2 is 1.80 bits per heavy atom. The minimum Gasteiger partial charge on any atom is -0.491 e. The van der Waals surface area contributed by atoms with Crippen molar-refractivity contribution in [3.05, 3.63) is 42.0 Å². The van der Waals surface area contributed by atoms with Crippen LogP contribution in [0.3, 0.4) is 0 Å². The van der Waals surface area contributed by atoms with Gasteiger partial charge >= 0.3 is 6.18 Å². The Hall–Kier alpha value is -2.28. The molecule has 1 saturated heterocycles. The lowest BCUT2D eigenvalue weighted by atomic mass is 9.99. The molecule has 134 valence electrons. The average Bonchev–Trinajstić information content (AvgIpc) is 2.92. The van der Waals surface area contributed by atoms with Crippen LogP contribution in [0.25, 0.3) is 10.8 Å². The number of nitrogens with zero attached hydrogens (tertiary/aromatic N) is 1. The van der Waals surface area contributed by atoms with Crippen LogP contribution in [0.2, 0.25) is 0 Å². The van der Waals surface area contributed by atoms with Crippen LogP contribution >= 0.6 is 0 Å². The Bertz CT molecular complexity index is 789. The highest BCUT2D eigenvalue weighted by Gasteiger charge is 2.48. The van der Waals surface area contributed by atoms with Crippen LogP contribution in [0, 0.1) is 0 Å². The van der Waals surface area contributed by atoms with Gasteiger partial charge in [-0.15, -0.1) is 0 Å². The van der Waals surface area contributed by atoms with Gasteiger partial charge in [0, 0.05) is 18.5 Å². The Kier molecular flexibility index (Phi) is 4.60. The van der Waals surface area contributed by atoms with Crippen LogP contribution in [0.5, 0.6) is 5.75 Å². The van der Waals surface area contributed by atoms with Crippen molar-refractivity contribution in [2.75, 3.05) is 6.54 Å². The standard InChI is InChI=1S/C18H19F3N2O2/c1-11(2)25-15-10-13-6-4-3-5-12(13)9-14(15)17(18(19,20)21)23-8-7-16(24)22-23/h3-6,9-11,17H,7-8H2,1-2H3,(H,22,24)/t17-/m0/s1. The molecule has 25 heavy (non-hydrogen) atoms. The van der Waals surface area contributed by atoms with E-state index in [1.807, 2.05) is 12.1 Å². The Labute approximate surface area is 143 Å². The summed E-state index contributed by atoms with van der Waals surface area (Å²) in [5.41, 5.74) is 2.31. The maximum Gasteiger partial charge on any atom is 0.410 e. The number of hydrogen-bond acceptors (Lipinski definition) is 3. The third kappa shape index (κ3) is 3.71. The van der Waals surface area contributed by atoms with Gasteiger partial charge < -0.3 is 4.74 Å². The van der Waals surface area contributed by atoms with E-state index in [0.717, 1.165) is 10.4 Å². The number of rotatable bonds is 4. The monoisotopic (exact) mass is 352 g/mol. The molecule has 2 aromatic rings. The molecule has 7 heteroatoms. The molecule has 1 atom stereocenters. The quantitative estimate of drug-likeness (QED) is 0.905. The molecule has 2 aromatic carbocycles. The molecule has 1 aliphatic heterocycles. The number of carbonyl (C=O) groups excluding carboxylic acids is 1. The number of hydrazine groups is 1. The van der Waals surface area contributed by atoms with E-state index in [2.05, 4.69) is 5.43 Å². The second-order valence-electron chi connectivity index (χ2n) is 6.33. The van der Waals surface area contributed by atoms with Gasteiger partial charge in [-0.2, -0.15) is 13.2 Å². The van der Waals surface area contributed by atoms with Crippen molar-refractivity contribution < 1.29 is 22.7 Å². The van der Waals surface area contributed by atoms with Gasteiger partial charge in [-0.1, -0.05) is 24.3 Å². The van der Waals surface area contributed by atoms with Gasteiger partial charge in [0.1, 0.15) is 5.75 Å². The third-order valence-electron chi connectivity index (χ3n) is 4.01. The van der Waals surface area contributed by atoms with E-state index in [1.165, 1.54) is 6.07 Å². The summed E-state index contributed by atoms with van der Waals surface area (Å²) in [6.07, 6.45) is -4.79. The predicted molar refractivity (Wildman–Crippen MR) is 88.0 cm³/mol. The number of ether oxygens (including phenoxy) is 1. The van der Waals surface area contributed by atoms with Gasteiger partial charge in [-0.25, -0.2) is 5.01 Å². The van der Waals surface area contributed by atoms with Crippen LogP contribution in [0.1, 0.15) is 31.9 Å². The summed E-state index contributed by atoms with van der Waals surface area (Å²) in [6.45, 7) is 3.52.